The summed E-state index contributed by atoms with van der Waals surface area (Å²) in [6.45, 7) is 0.495. The number of nitrogens with zero attached hydrogens (tertiary/aromatic N) is 3. The van der Waals surface area contributed by atoms with Gasteiger partial charge in [-0.1, -0.05) is 6.07 Å². The molecule has 1 aliphatic heterocycles. The van der Waals surface area contributed by atoms with E-state index in [1.54, 1.807) is 10.6 Å². The first kappa shape index (κ1) is 15.9. The highest BCUT2D eigenvalue weighted by atomic mass is 16.6. The molecule has 26 heavy (non-hydrogen) atoms. The summed E-state index contributed by atoms with van der Waals surface area (Å²) in [6, 6.07) is 7.96. The Morgan fingerprint density at radius 3 is 2.77 bits per heavy atom. The van der Waals surface area contributed by atoms with E-state index in [1.807, 2.05) is 24.4 Å². The number of fused-ring (bicyclic) bond motifs is 2. The third-order valence-electron chi connectivity index (χ3n) is 3.84. The third-order valence-corrected chi connectivity index (χ3v) is 3.84. The Balaban J connectivity index is 1.58. The van der Waals surface area contributed by atoms with E-state index in [-0.39, 0.29) is 23.7 Å². The van der Waals surface area contributed by atoms with Gasteiger partial charge in [-0.15, -0.1) is 0 Å². The number of pyridine rings is 1. The van der Waals surface area contributed by atoms with Crippen LogP contribution in [0.2, 0.25) is 0 Å². The second-order valence-corrected chi connectivity index (χ2v) is 5.54. The van der Waals surface area contributed by atoms with E-state index in [0.717, 1.165) is 0 Å². The molecule has 0 radical (unpaired) electrons. The minimum absolute atomic E-state index is 0.105. The van der Waals surface area contributed by atoms with Crippen LogP contribution in [-0.2, 0) is 11.3 Å². The molecule has 0 unspecified atom stereocenters. The molecule has 0 bridgehead atoms. The van der Waals surface area contributed by atoms with E-state index >= 15 is 0 Å². The van der Waals surface area contributed by atoms with Crippen LogP contribution in [0.15, 0.2) is 42.7 Å². The number of imidazole rings is 1. The number of ether oxygens (including phenoxy) is 3. The summed E-state index contributed by atoms with van der Waals surface area (Å²) in [7, 11) is 0. The summed E-state index contributed by atoms with van der Waals surface area (Å²) < 4.78 is 17.7. The SMILES string of the molecule is O=C(OCc1cn2ccccc2n1)c1cc2c(cc1[N+](=O)[O-])OCCO2. The molecule has 0 aliphatic carbocycles. The molecular formula is C17H13N3O6. The van der Waals surface area contributed by atoms with Gasteiger partial charge in [0.25, 0.3) is 5.69 Å². The van der Waals surface area contributed by atoms with Crippen molar-refractivity contribution in [3.05, 3.63) is 64.1 Å². The third kappa shape index (κ3) is 2.90. The first-order chi connectivity index (χ1) is 12.6. The van der Waals surface area contributed by atoms with E-state index < -0.39 is 16.6 Å². The summed E-state index contributed by atoms with van der Waals surface area (Å²) in [5.41, 5.74) is 0.658. The van der Waals surface area contributed by atoms with Gasteiger partial charge in [0.15, 0.2) is 11.5 Å². The first-order valence-corrected chi connectivity index (χ1v) is 7.79. The first-order valence-electron chi connectivity index (χ1n) is 7.79. The second kappa shape index (κ2) is 6.36. The average molecular weight is 355 g/mol. The van der Waals surface area contributed by atoms with Gasteiger partial charge < -0.3 is 18.6 Å². The second-order valence-electron chi connectivity index (χ2n) is 5.54. The lowest BCUT2D eigenvalue weighted by Gasteiger charge is -2.18. The molecule has 4 rings (SSSR count). The smallest absolute Gasteiger partial charge is 0.345 e. The van der Waals surface area contributed by atoms with E-state index in [9.17, 15) is 14.9 Å². The maximum Gasteiger partial charge on any atom is 0.345 e. The van der Waals surface area contributed by atoms with Crippen molar-refractivity contribution in [2.24, 2.45) is 0 Å². The molecule has 0 spiro atoms. The van der Waals surface area contributed by atoms with Gasteiger partial charge in [-0.05, 0) is 12.1 Å². The summed E-state index contributed by atoms with van der Waals surface area (Å²) in [5.74, 6) is -0.313. The van der Waals surface area contributed by atoms with Crippen LogP contribution in [-0.4, -0.2) is 33.5 Å². The molecule has 0 atom stereocenters. The van der Waals surface area contributed by atoms with E-state index in [1.165, 1.54) is 12.1 Å². The van der Waals surface area contributed by atoms with Gasteiger partial charge in [0.2, 0.25) is 0 Å². The highest BCUT2D eigenvalue weighted by Gasteiger charge is 2.27. The van der Waals surface area contributed by atoms with Crippen molar-refractivity contribution in [3.8, 4) is 11.5 Å². The summed E-state index contributed by atoms with van der Waals surface area (Å²) >= 11 is 0. The van der Waals surface area contributed by atoms with Crippen LogP contribution in [0.4, 0.5) is 5.69 Å². The quantitative estimate of drug-likeness (QED) is 0.402. The molecule has 0 saturated heterocycles. The van der Waals surface area contributed by atoms with Crippen molar-refractivity contribution in [3.63, 3.8) is 0 Å². The zero-order chi connectivity index (χ0) is 18.1. The fraction of sp³-hybridized carbons (Fsp3) is 0.176. The summed E-state index contributed by atoms with van der Waals surface area (Å²) in [6.07, 6.45) is 3.54. The molecule has 9 heteroatoms. The van der Waals surface area contributed by atoms with Gasteiger partial charge in [0.1, 0.15) is 31.0 Å². The Morgan fingerprint density at radius 2 is 2.04 bits per heavy atom. The predicted octanol–water partition coefficient (Wildman–Crippen LogP) is 2.37. The molecule has 0 saturated carbocycles. The van der Waals surface area contributed by atoms with Gasteiger partial charge in [-0.3, -0.25) is 10.1 Å². The Morgan fingerprint density at radius 1 is 1.27 bits per heavy atom. The van der Waals surface area contributed by atoms with Crippen molar-refractivity contribution < 1.29 is 23.9 Å². The number of carbonyl (C=O) groups is 1. The Labute approximate surface area is 146 Å². The maximum atomic E-state index is 12.4. The topological polar surface area (TPSA) is 105 Å². The number of carbonyl (C=O) groups excluding carboxylic acids is 1. The highest BCUT2D eigenvalue weighted by Crippen LogP contribution is 2.36. The van der Waals surface area contributed by atoms with E-state index in [0.29, 0.717) is 24.6 Å². The van der Waals surface area contributed by atoms with Crippen molar-refractivity contribution in [1.29, 1.82) is 0 Å². The van der Waals surface area contributed by atoms with Crippen LogP contribution in [0.5, 0.6) is 11.5 Å². The lowest BCUT2D eigenvalue weighted by molar-refractivity contribution is -0.385. The van der Waals surface area contributed by atoms with Crippen LogP contribution in [0.1, 0.15) is 16.1 Å². The van der Waals surface area contributed by atoms with Gasteiger partial charge in [-0.2, -0.15) is 0 Å². The molecule has 3 heterocycles. The maximum absolute atomic E-state index is 12.4. The van der Waals surface area contributed by atoms with Crippen molar-refractivity contribution in [2.75, 3.05) is 13.2 Å². The summed E-state index contributed by atoms with van der Waals surface area (Å²) in [4.78, 5) is 27.3. The molecule has 1 aromatic carbocycles. The Kier molecular flexibility index (Phi) is 3.88. The number of hydrogen-bond acceptors (Lipinski definition) is 7. The zero-order valence-electron chi connectivity index (χ0n) is 13.5. The monoisotopic (exact) mass is 355 g/mol. The lowest BCUT2D eigenvalue weighted by Crippen LogP contribution is -2.17. The molecule has 0 amide bonds. The van der Waals surface area contributed by atoms with Crippen LogP contribution in [0, 0.1) is 10.1 Å². The highest BCUT2D eigenvalue weighted by molar-refractivity contribution is 5.95. The van der Waals surface area contributed by atoms with Gasteiger partial charge in [-0.25, -0.2) is 9.78 Å². The molecule has 2 aromatic heterocycles. The number of benzene rings is 1. The fourth-order valence-corrected chi connectivity index (χ4v) is 2.67. The molecule has 9 nitrogen and oxygen atoms in total. The minimum Gasteiger partial charge on any atom is -0.486 e. The van der Waals surface area contributed by atoms with Gasteiger partial charge >= 0.3 is 5.97 Å². The number of nitro benzene ring substituents is 1. The standard InChI is InChI=1S/C17H13N3O6/c21-17(26-10-11-9-19-4-2-1-3-16(19)18-11)12-7-14-15(25-6-5-24-14)8-13(12)20(22)23/h1-4,7-9H,5-6,10H2. The predicted molar refractivity (Wildman–Crippen MR) is 88.4 cm³/mol. The lowest BCUT2D eigenvalue weighted by atomic mass is 10.1. The molecule has 132 valence electrons. The average Bonchev–Trinajstić information content (AvgIpc) is 3.08. The van der Waals surface area contributed by atoms with E-state index in [4.69, 9.17) is 14.2 Å². The van der Waals surface area contributed by atoms with Crippen molar-refractivity contribution in [1.82, 2.24) is 9.38 Å². The molecule has 0 N–H and O–H groups in total. The summed E-state index contributed by atoms with van der Waals surface area (Å²) in [5, 5.41) is 11.3. The molecule has 0 fully saturated rings. The van der Waals surface area contributed by atoms with Crippen LogP contribution < -0.4 is 9.47 Å². The number of aromatic nitrogens is 2. The zero-order valence-corrected chi connectivity index (χ0v) is 13.5. The Hall–Kier alpha value is -3.62. The van der Waals surface area contributed by atoms with Crippen LogP contribution in [0.3, 0.4) is 0 Å². The van der Waals surface area contributed by atoms with Crippen LogP contribution >= 0.6 is 0 Å². The van der Waals surface area contributed by atoms with Crippen molar-refractivity contribution >= 4 is 17.3 Å². The fourth-order valence-electron chi connectivity index (χ4n) is 2.67. The molecule has 3 aromatic rings. The number of esters is 1. The Bertz CT molecular complexity index is 980. The number of nitro groups is 1. The normalized spacial score (nSPS) is 12.8. The molecular weight excluding hydrogens is 342 g/mol. The van der Waals surface area contributed by atoms with E-state index in [2.05, 4.69) is 4.98 Å². The van der Waals surface area contributed by atoms with Crippen molar-refractivity contribution in [2.45, 2.75) is 6.61 Å². The van der Waals surface area contributed by atoms with Gasteiger partial charge in [0, 0.05) is 18.5 Å². The largest absolute Gasteiger partial charge is 0.486 e. The minimum atomic E-state index is -0.828. The molecule has 1 aliphatic rings. The van der Waals surface area contributed by atoms with Crippen LogP contribution in [0.25, 0.3) is 5.65 Å². The number of rotatable bonds is 4. The van der Waals surface area contributed by atoms with Gasteiger partial charge in [0.05, 0.1) is 16.7 Å². The number of hydrogen-bond donors (Lipinski definition) is 0.